The summed E-state index contributed by atoms with van der Waals surface area (Å²) in [5.41, 5.74) is 1.19. The second-order valence-electron chi connectivity index (χ2n) is 4.07. The van der Waals surface area contributed by atoms with E-state index < -0.39 is 0 Å². The van der Waals surface area contributed by atoms with Crippen LogP contribution in [0.5, 0.6) is 0 Å². The third kappa shape index (κ3) is 2.26. The van der Waals surface area contributed by atoms with Crippen LogP contribution in [-0.2, 0) is 0 Å². The van der Waals surface area contributed by atoms with E-state index in [1.165, 1.54) is 10.4 Å². The summed E-state index contributed by atoms with van der Waals surface area (Å²) in [6.45, 7) is 0. The molecule has 4 heteroatoms. The van der Waals surface area contributed by atoms with Crippen LogP contribution in [0.1, 0.15) is 28.9 Å². The summed E-state index contributed by atoms with van der Waals surface area (Å²) in [6, 6.07) is 12.5. The van der Waals surface area contributed by atoms with Gasteiger partial charge >= 0.3 is 0 Å². The Morgan fingerprint density at radius 3 is 2.53 bits per heavy atom. The van der Waals surface area contributed by atoms with Crippen molar-refractivity contribution in [2.45, 2.75) is 18.5 Å². The van der Waals surface area contributed by atoms with E-state index in [0.29, 0.717) is 0 Å². The van der Waals surface area contributed by atoms with Crippen LogP contribution in [0, 0.1) is 0 Å². The number of nitrogens with zero attached hydrogens (tertiary/aromatic N) is 2. The third-order valence-corrected chi connectivity index (χ3v) is 4.14. The van der Waals surface area contributed by atoms with Crippen LogP contribution in [0.15, 0.2) is 52.0 Å². The molecule has 0 N–H and O–H groups in total. The van der Waals surface area contributed by atoms with Crippen LogP contribution in [0.4, 0.5) is 0 Å². The molecule has 0 amide bonds. The van der Waals surface area contributed by atoms with Crippen LogP contribution in [0.25, 0.3) is 0 Å². The van der Waals surface area contributed by atoms with Gasteiger partial charge in [0.25, 0.3) is 0 Å². The molecule has 2 aromatic rings. The molecule has 1 aromatic carbocycles. The summed E-state index contributed by atoms with van der Waals surface area (Å²) in [4.78, 5) is 1.30. The van der Waals surface area contributed by atoms with Crippen LogP contribution in [0.3, 0.4) is 0 Å². The lowest BCUT2D eigenvalue weighted by molar-refractivity contribution is 0.667. The lowest BCUT2D eigenvalue weighted by Gasteiger charge is -2.07. The maximum absolute atomic E-state index is 5.88. The normalized spacial score (nSPS) is 23.1. The van der Waals surface area contributed by atoms with E-state index in [-0.39, 0.29) is 12.1 Å². The second-order valence-corrected chi connectivity index (χ2v) is 5.48. The Balaban J connectivity index is 1.77. The van der Waals surface area contributed by atoms with Gasteiger partial charge in [0.1, 0.15) is 6.04 Å². The molecule has 0 radical (unpaired) electrons. The predicted octanol–water partition coefficient (Wildman–Crippen LogP) is 5.04. The fraction of sp³-hybridized carbons (Fsp3) is 0.231. The molecule has 86 valence electrons. The first-order valence-electron chi connectivity index (χ1n) is 5.52. The van der Waals surface area contributed by atoms with Gasteiger partial charge in [0, 0.05) is 16.3 Å². The largest absolute Gasteiger partial charge is 0.185 e. The Hall–Kier alpha value is -1.19. The van der Waals surface area contributed by atoms with Gasteiger partial charge in [0.15, 0.2) is 0 Å². The average molecular weight is 263 g/mol. The standard InChI is InChI=1S/C13H11ClN2S/c14-10-5-3-9(4-6-10)11-8-12(16-15-11)13-2-1-7-17-13/h1-7,11-12H,8H2. The highest BCUT2D eigenvalue weighted by Gasteiger charge is 2.25. The quantitative estimate of drug-likeness (QED) is 0.724. The van der Waals surface area contributed by atoms with Gasteiger partial charge in [0.2, 0.25) is 0 Å². The zero-order chi connectivity index (χ0) is 11.7. The molecule has 2 heterocycles. The molecule has 2 atom stereocenters. The number of hydrogen-bond acceptors (Lipinski definition) is 3. The van der Waals surface area contributed by atoms with Gasteiger partial charge in [-0.15, -0.1) is 11.3 Å². The average Bonchev–Trinajstić information content (AvgIpc) is 3.00. The minimum absolute atomic E-state index is 0.180. The van der Waals surface area contributed by atoms with Crippen molar-refractivity contribution in [2.24, 2.45) is 10.2 Å². The smallest absolute Gasteiger partial charge is 0.107 e. The topological polar surface area (TPSA) is 24.7 Å². The molecule has 0 saturated carbocycles. The molecule has 1 aliphatic heterocycles. The highest BCUT2D eigenvalue weighted by atomic mass is 35.5. The van der Waals surface area contributed by atoms with Gasteiger partial charge in [0.05, 0.1) is 6.04 Å². The van der Waals surface area contributed by atoms with E-state index in [0.717, 1.165) is 11.4 Å². The zero-order valence-electron chi connectivity index (χ0n) is 9.08. The second kappa shape index (κ2) is 4.59. The number of thiophene rings is 1. The fourth-order valence-electron chi connectivity index (χ4n) is 2.01. The zero-order valence-corrected chi connectivity index (χ0v) is 10.7. The Morgan fingerprint density at radius 1 is 1.06 bits per heavy atom. The van der Waals surface area contributed by atoms with Gasteiger partial charge in [-0.05, 0) is 29.1 Å². The summed E-state index contributed by atoms with van der Waals surface area (Å²) in [6.07, 6.45) is 0.960. The molecule has 1 aromatic heterocycles. The Labute approximate surface area is 109 Å². The first-order chi connectivity index (χ1) is 8.33. The molecule has 1 aliphatic rings. The molecule has 17 heavy (non-hydrogen) atoms. The van der Waals surface area contributed by atoms with Crippen molar-refractivity contribution in [3.8, 4) is 0 Å². The SMILES string of the molecule is Clc1ccc(C2CC(c3cccs3)N=N2)cc1. The molecule has 0 saturated heterocycles. The minimum atomic E-state index is 0.180. The first kappa shape index (κ1) is 10.9. The van der Waals surface area contributed by atoms with Crippen molar-refractivity contribution >= 4 is 22.9 Å². The minimum Gasteiger partial charge on any atom is -0.185 e. The van der Waals surface area contributed by atoms with E-state index in [1.807, 2.05) is 24.3 Å². The third-order valence-electron chi connectivity index (χ3n) is 2.92. The Kier molecular flexibility index (Phi) is 2.95. The van der Waals surface area contributed by atoms with Crippen molar-refractivity contribution in [1.29, 1.82) is 0 Å². The fourth-order valence-corrected chi connectivity index (χ4v) is 2.91. The molecule has 0 bridgehead atoms. The van der Waals surface area contributed by atoms with Crippen molar-refractivity contribution in [3.05, 3.63) is 57.2 Å². The highest BCUT2D eigenvalue weighted by molar-refractivity contribution is 7.10. The van der Waals surface area contributed by atoms with Crippen LogP contribution >= 0.6 is 22.9 Å². The van der Waals surface area contributed by atoms with Crippen molar-refractivity contribution in [2.75, 3.05) is 0 Å². The lowest BCUT2D eigenvalue weighted by atomic mass is 10.0. The summed E-state index contributed by atoms with van der Waals surface area (Å²) in [7, 11) is 0. The number of hydrogen-bond donors (Lipinski definition) is 0. The van der Waals surface area contributed by atoms with Crippen molar-refractivity contribution in [3.63, 3.8) is 0 Å². The number of rotatable bonds is 2. The number of benzene rings is 1. The van der Waals surface area contributed by atoms with Crippen LogP contribution < -0.4 is 0 Å². The summed E-state index contributed by atoms with van der Waals surface area (Å²) >= 11 is 7.62. The Bertz CT molecular complexity index is 519. The van der Waals surface area contributed by atoms with Crippen LogP contribution in [-0.4, -0.2) is 0 Å². The number of azo groups is 1. The first-order valence-corrected chi connectivity index (χ1v) is 6.77. The van der Waals surface area contributed by atoms with E-state index in [4.69, 9.17) is 11.6 Å². The molecular weight excluding hydrogens is 252 g/mol. The molecular formula is C13H11ClN2S. The van der Waals surface area contributed by atoms with E-state index in [2.05, 4.69) is 27.7 Å². The van der Waals surface area contributed by atoms with Gasteiger partial charge in [-0.2, -0.15) is 10.2 Å². The summed E-state index contributed by atoms with van der Waals surface area (Å²) < 4.78 is 0. The number of halogens is 1. The van der Waals surface area contributed by atoms with E-state index in [9.17, 15) is 0 Å². The lowest BCUT2D eigenvalue weighted by Crippen LogP contribution is -1.94. The van der Waals surface area contributed by atoms with E-state index >= 15 is 0 Å². The monoisotopic (exact) mass is 262 g/mol. The van der Waals surface area contributed by atoms with E-state index in [1.54, 1.807) is 11.3 Å². The predicted molar refractivity (Wildman–Crippen MR) is 70.7 cm³/mol. The summed E-state index contributed by atoms with van der Waals surface area (Å²) in [5.74, 6) is 0. The highest BCUT2D eigenvalue weighted by Crippen LogP contribution is 2.40. The van der Waals surface area contributed by atoms with Crippen molar-refractivity contribution < 1.29 is 0 Å². The molecule has 2 nitrogen and oxygen atoms in total. The van der Waals surface area contributed by atoms with Crippen molar-refractivity contribution in [1.82, 2.24) is 0 Å². The molecule has 2 unspecified atom stereocenters. The maximum Gasteiger partial charge on any atom is 0.107 e. The maximum atomic E-state index is 5.88. The Morgan fingerprint density at radius 2 is 1.82 bits per heavy atom. The molecule has 3 rings (SSSR count). The van der Waals surface area contributed by atoms with Gasteiger partial charge in [-0.3, -0.25) is 0 Å². The molecule has 0 spiro atoms. The molecule has 0 fully saturated rings. The van der Waals surface area contributed by atoms with Crippen LogP contribution in [0.2, 0.25) is 5.02 Å². The van der Waals surface area contributed by atoms with Gasteiger partial charge < -0.3 is 0 Å². The van der Waals surface area contributed by atoms with Gasteiger partial charge in [-0.1, -0.05) is 29.8 Å². The molecule has 0 aliphatic carbocycles. The summed E-state index contributed by atoms with van der Waals surface area (Å²) in [5, 5.41) is 11.6. The van der Waals surface area contributed by atoms with Gasteiger partial charge in [-0.25, -0.2) is 0 Å².